The van der Waals surface area contributed by atoms with E-state index in [9.17, 15) is 0 Å². The van der Waals surface area contributed by atoms with Crippen molar-refractivity contribution in [2.24, 2.45) is 17.6 Å². The quantitative estimate of drug-likeness (QED) is 0.805. The number of hydrogen-bond acceptors (Lipinski definition) is 4. The van der Waals surface area contributed by atoms with E-state index in [-0.39, 0.29) is 6.04 Å². The molecular formula is C11H17N3O. The van der Waals surface area contributed by atoms with Crippen molar-refractivity contribution in [3.8, 4) is 0 Å². The fourth-order valence-electron chi connectivity index (χ4n) is 3.14. The molecule has 82 valence electrons. The molecule has 4 nitrogen and oxygen atoms in total. The van der Waals surface area contributed by atoms with Crippen molar-refractivity contribution in [2.45, 2.75) is 44.6 Å². The predicted octanol–water partition coefficient (Wildman–Crippen LogP) is 1.99. The Balaban J connectivity index is 1.81. The second kappa shape index (κ2) is 3.30. The average Bonchev–Trinajstić information content (AvgIpc) is 2.93. The van der Waals surface area contributed by atoms with Crippen molar-refractivity contribution in [3.63, 3.8) is 0 Å². The summed E-state index contributed by atoms with van der Waals surface area (Å²) in [6, 6.07) is -0.148. The number of fused-ring (bicyclic) bond motifs is 2. The summed E-state index contributed by atoms with van der Waals surface area (Å²) >= 11 is 0. The molecule has 2 bridgehead atoms. The van der Waals surface area contributed by atoms with Gasteiger partial charge in [-0.2, -0.15) is 4.98 Å². The smallest absolute Gasteiger partial charge is 0.243 e. The lowest BCUT2D eigenvalue weighted by atomic mass is 9.88. The van der Waals surface area contributed by atoms with E-state index in [0.29, 0.717) is 11.8 Å². The number of nitrogens with zero attached hydrogens (tertiary/aromatic N) is 2. The minimum Gasteiger partial charge on any atom is -0.338 e. The van der Waals surface area contributed by atoms with Gasteiger partial charge in [0.05, 0.1) is 6.04 Å². The van der Waals surface area contributed by atoms with E-state index >= 15 is 0 Å². The summed E-state index contributed by atoms with van der Waals surface area (Å²) in [5.74, 6) is 3.73. The van der Waals surface area contributed by atoms with Crippen molar-refractivity contribution in [1.29, 1.82) is 0 Å². The van der Waals surface area contributed by atoms with E-state index in [1.54, 1.807) is 0 Å². The van der Waals surface area contributed by atoms with Crippen LogP contribution in [-0.4, -0.2) is 10.1 Å². The van der Waals surface area contributed by atoms with Crippen molar-refractivity contribution in [3.05, 3.63) is 11.7 Å². The zero-order valence-corrected chi connectivity index (χ0v) is 9.02. The molecule has 2 aliphatic carbocycles. The molecule has 1 aromatic rings. The van der Waals surface area contributed by atoms with E-state index in [0.717, 1.165) is 17.7 Å². The summed E-state index contributed by atoms with van der Waals surface area (Å²) in [5, 5.41) is 4.07. The Labute approximate surface area is 89.2 Å². The van der Waals surface area contributed by atoms with Gasteiger partial charge in [0.25, 0.3) is 0 Å². The molecule has 2 fully saturated rings. The molecule has 0 aliphatic heterocycles. The second-order valence-corrected chi connectivity index (χ2v) is 5.06. The normalized spacial score (nSPS) is 36.0. The van der Waals surface area contributed by atoms with Crippen LogP contribution in [0.4, 0.5) is 0 Å². The third-order valence-electron chi connectivity index (χ3n) is 3.92. The van der Waals surface area contributed by atoms with Gasteiger partial charge >= 0.3 is 0 Å². The Morgan fingerprint density at radius 3 is 2.80 bits per heavy atom. The zero-order valence-electron chi connectivity index (χ0n) is 9.02. The van der Waals surface area contributed by atoms with Gasteiger partial charge in [0.2, 0.25) is 5.89 Å². The number of rotatable bonds is 2. The molecule has 3 rings (SSSR count). The molecule has 0 amide bonds. The number of nitrogens with two attached hydrogens (primary N) is 1. The lowest BCUT2D eigenvalue weighted by molar-refractivity contribution is 0.342. The minimum absolute atomic E-state index is 0.148. The maximum absolute atomic E-state index is 5.71. The number of aromatic nitrogens is 2. The van der Waals surface area contributed by atoms with Gasteiger partial charge < -0.3 is 10.3 Å². The fourth-order valence-corrected chi connectivity index (χ4v) is 3.14. The van der Waals surface area contributed by atoms with Crippen LogP contribution in [0.2, 0.25) is 0 Å². The van der Waals surface area contributed by atoms with Crippen molar-refractivity contribution >= 4 is 0 Å². The van der Waals surface area contributed by atoms with Crippen molar-refractivity contribution < 1.29 is 4.52 Å². The monoisotopic (exact) mass is 207 g/mol. The van der Waals surface area contributed by atoms with Crippen LogP contribution in [0.15, 0.2) is 4.52 Å². The van der Waals surface area contributed by atoms with Crippen LogP contribution in [-0.2, 0) is 0 Å². The van der Waals surface area contributed by atoms with Gasteiger partial charge in [-0.25, -0.2) is 0 Å². The first kappa shape index (κ1) is 9.33. The van der Waals surface area contributed by atoms with Crippen LogP contribution in [0.5, 0.6) is 0 Å². The Morgan fingerprint density at radius 1 is 1.40 bits per heavy atom. The molecule has 2 aliphatic rings. The highest BCUT2D eigenvalue weighted by Crippen LogP contribution is 2.52. The third-order valence-corrected chi connectivity index (χ3v) is 3.92. The molecular weight excluding hydrogens is 190 g/mol. The van der Waals surface area contributed by atoms with Crippen LogP contribution in [0.1, 0.15) is 56.3 Å². The van der Waals surface area contributed by atoms with Crippen molar-refractivity contribution in [1.82, 2.24) is 10.1 Å². The summed E-state index contributed by atoms with van der Waals surface area (Å²) in [6.07, 6.45) is 5.37. The Hall–Kier alpha value is -0.900. The van der Waals surface area contributed by atoms with E-state index in [1.165, 1.54) is 25.7 Å². The zero-order chi connectivity index (χ0) is 10.4. The first-order chi connectivity index (χ1) is 7.24. The molecule has 0 saturated heterocycles. The second-order valence-electron chi connectivity index (χ2n) is 5.06. The van der Waals surface area contributed by atoms with Gasteiger partial charge in [0.15, 0.2) is 5.82 Å². The van der Waals surface area contributed by atoms with Crippen LogP contribution < -0.4 is 5.73 Å². The van der Waals surface area contributed by atoms with Gasteiger partial charge in [-0.3, -0.25) is 0 Å². The maximum atomic E-state index is 5.71. The lowest BCUT2D eigenvalue weighted by Gasteiger charge is -2.17. The van der Waals surface area contributed by atoms with Crippen LogP contribution in [0, 0.1) is 11.8 Å². The molecule has 1 aromatic heterocycles. The SMILES string of the molecule is C[C@@H](N)c1nc(C2CC3CCC2C3)no1. The highest BCUT2D eigenvalue weighted by Gasteiger charge is 2.42. The molecule has 3 unspecified atom stereocenters. The lowest BCUT2D eigenvalue weighted by Crippen LogP contribution is -2.11. The molecule has 0 spiro atoms. The van der Waals surface area contributed by atoms with E-state index < -0.39 is 0 Å². The van der Waals surface area contributed by atoms with E-state index in [4.69, 9.17) is 10.3 Å². The highest BCUT2D eigenvalue weighted by atomic mass is 16.5. The fraction of sp³-hybridized carbons (Fsp3) is 0.818. The minimum atomic E-state index is -0.148. The predicted molar refractivity (Wildman–Crippen MR) is 55.1 cm³/mol. The van der Waals surface area contributed by atoms with Crippen LogP contribution in [0.25, 0.3) is 0 Å². The van der Waals surface area contributed by atoms with Gasteiger partial charge in [-0.1, -0.05) is 11.6 Å². The molecule has 15 heavy (non-hydrogen) atoms. The number of hydrogen-bond donors (Lipinski definition) is 1. The van der Waals surface area contributed by atoms with E-state index in [2.05, 4.69) is 10.1 Å². The largest absolute Gasteiger partial charge is 0.338 e. The maximum Gasteiger partial charge on any atom is 0.243 e. The highest BCUT2D eigenvalue weighted by molar-refractivity contribution is 5.06. The van der Waals surface area contributed by atoms with Crippen LogP contribution in [0.3, 0.4) is 0 Å². The Kier molecular flexibility index (Phi) is 2.06. The third kappa shape index (κ3) is 1.47. The first-order valence-corrected chi connectivity index (χ1v) is 5.83. The molecule has 4 heteroatoms. The summed E-state index contributed by atoms with van der Waals surface area (Å²) in [4.78, 5) is 4.41. The average molecular weight is 207 g/mol. The standard InChI is InChI=1S/C11H17N3O/c1-6(12)11-13-10(14-15-11)9-5-7-2-3-8(9)4-7/h6-9H,2-5,12H2,1H3/t6-,7?,8?,9?/m1/s1. The first-order valence-electron chi connectivity index (χ1n) is 5.83. The van der Waals surface area contributed by atoms with Gasteiger partial charge in [0.1, 0.15) is 0 Å². The van der Waals surface area contributed by atoms with Gasteiger partial charge in [-0.15, -0.1) is 0 Å². The molecule has 0 aromatic carbocycles. The molecule has 4 atom stereocenters. The molecule has 2 N–H and O–H groups in total. The van der Waals surface area contributed by atoms with Crippen molar-refractivity contribution in [2.75, 3.05) is 0 Å². The summed E-state index contributed by atoms with van der Waals surface area (Å²) in [7, 11) is 0. The van der Waals surface area contributed by atoms with Gasteiger partial charge in [-0.05, 0) is 38.0 Å². The molecule has 0 radical (unpaired) electrons. The molecule has 2 saturated carbocycles. The molecule has 1 heterocycles. The van der Waals surface area contributed by atoms with Gasteiger partial charge in [0, 0.05) is 5.92 Å². The topological polar surface area (TPSA) is 64.9 Å². The Morgan fingerprint density at radius 2 is 2.27 bits per heavy atom. The Bertz CT molecular complexity index is 360. The summed E-state index contributed by atoms with van der Waals surface area (Å²) < 4.78 is 5.16. The summed E-state index contributed by atoms with van der Waals surface area (Å²) in [5.41, 5.74) is 5.71. The van der Waals surface area contributed by atoms with Crippen LogP contribution >= 0.6 is 0 Å². The van der Waals surface area contributed by atoms with E-state index in [1.807, 2.05) is 6.92 Å². The summed E-state index contributed by atoms with van der Waals surface area (Å²) in [6.45, 7) is 1.87.